The molecule has 2 aliphatic rings. The van der Waals surface area contributed by atoms with Crippen molar-refractivity contribution in [3.63, 3.8) is 0 Å². The van der Waals surface area contributed by atoms with E-state index in [4.69, 9.17) is 32.7 Å². The van der Waals surface area contributed by atoms with Crippen molar-refractivity contribution in [1.82, 2.24) is 5.32 Å². The van der Waals surface area contributed by atoms with Gasteiger partial charge in [0.1, 0.15) is 12.5 Å². The topological polar surface area (TPSA) is 81.7 Å². The van der Waals surface area contributed by atoms with Crippen LogP contribution in [0.4, 0.5) is 0 Å². The molecule has 1 N–H and O–H groups in total. The number of hydrogen-bond donors (Lipinski definition) is 1. The Hall–Kier alpha value is -1.96. The van der Waals surface area contributed by atoms with Gasteiger partial charge < -0.3 is 14.8 Å². The molecule has 0 aromatic heterocycles. The van der Waals surface area contributed by atoms with Crippen LogP contribution in [0.15, 0.2) is 40.7 Å². The molecular weight excluding hydrogens is 485 g/mol. The Morgan fingerprint density at radius 2 is 2.00 bits per heavy atom. The van der Waals surface area contributed by atoms with E-state index in [1.807, 2.05) is 13.8 Å². The minimum absolute atomic E-state index is 0.247. The highest BCUT2D eigenvalue weighted by Gasteiger charge is 2.47. The molecule has 9 heteroatoms. The minimum Gasteiger partial charge on any atom is -0.468 e. The Balaban J connectivity index is 2.11. The molecular formula is C24H27Cl2NO5S. The van der Waals surface area contributed by atoms with Crippen molar-refractivity contribution in [1.29, 1.82) is 0 Å². The average Bonchev–Trinajstić information content (AvgIpc) is 2.75. The lowest BCUT2D eigenvalue weighted by Crippen LogP contribution is -2.43. The van der Waals surface area contributed by atoms with Crippen LogP contribution in [0.2, 0.25) is 10.0 Å². The number of hydrogen-bond acceptors (Lipinski definition) is 7. The molecule has 33 heavy (non-hydrogen) atoms. The van der Waals surface area contributed by atoms with E-state index in [-0.39, 0.29) is 18.3 Å². The molecule has 0 unspecified atom stereocenters. The van der Waals surface area contributed by atoms with Crippen molar-refractivity contribution in [2.24, 2.45) is 11.8 Å². The number of carbonyl (C=O) groups is 3. The number of benzene rings is 1. The smallest absolute Gasteiger partial charge is 0.336 e. The monoisotopic (exact) mass is 511 g/mol. The summed E-state index contributed by atoms with van der Waals surface area (Å²) in [4.78, 5) is 39.4. The van der Waals surface area contributed by atoms with Crippen LogP contribution in [0.5, 0.6) is 0 Å². The first kappa shape index (κ1) is 25.7. The predicted molar refractivity (Wildman–Crippen MR) is 130 cm³/mol. The lowest BCUT2D eigenvalue weighted by atomic mass is 9.69. The van der Waals surface area contributed by atoms with Crippen LogP contribution in [0, 0.1) is 11.8 Å². The number of ether oxygens (including phenoxy) is 2. The van der Waals surface area contributed by atoms with E-state index in [0.717, 1.165) is 5.75 Å². The molecule has 3 rings (SSSR count). The summed E-state index contributed by atoms with van der Waals surface area (Å²) in [5.41, 5.74) is 2.46. The zero-order valence-corrected chi connectivity index (χ0v) is 21.3. The SMILES string of the molecule is CCSCCOC(=O)C1=C(C)NC2=C(C(=O)[C@H](C(=O)OC)[C@@H](C)C2)[C@@H]1c1ccc(Cl)cc1Cl. The maximum atomic E-state index is 13.7. The predicted octanol–water partition coefficient (Wildman–Crippen LogP) is 4.90. The van der Waals surface area contributed by atoms with Gasteiger partial charge in [0.05, 0.1) is 12.7 Å². The van der Waals surface area contributed by atoms with E-state index in [1.54, 1.807) is 36.9 Å². The Morgan fingerprint density at radius 1 is 1.27 bits per heavy atom. The van der Waals surface area contributed by atoms with Gasteiger partial charge in [-0.3, -0.25) is 9.59 Å². The van der Waals surface area contributed by atoms with E-state index in [1.165, 1.54) is 7.11 Å². The van der Waals surface area contributed by atoms with Crippen LogP contribution in [-0.2, 0) is 23.9 Å². The number of Topliss-reactive ketones (excluding diaryl/α,β-unsaturated/α-hetero) is 1. The number of esters is 2. The lowest BCUT2D eigenvalue weighted by Gasteiger charge is -2.38. The molecule has 0 spiro atoms. The van der Waals surface area contributed by atoms with Crippen molar-refractivity contribution in [3.8, 4) is 0 Å². The van der Waals surface area contributed by atoms with Crippen molar-refractivity contribution in [2.75, 3.05) is 25.2 Å². The van der Waals surface area contributed by atoms with Gasteiger partial charge in [-0.15, -0.1) is 0 Å². The quantitative estimate of drug-likeness (QED) is 0.316. The van der Waals surface area contributed by atoms with Crippen molar-refractivity contribution >= 4 is 52.7 Å². The summed E-state index contributed by atoms with van der Waals surface area (Å²) in [6, 6.07) is 4.94. The van der Waals surface area contributed by atoms with E-state index in [9.17, 15) is 14.4 Å². The van der Waals surface area contributed by atoms with Crippen LogP contribution in [0.1, 0.15) is 38.7 Å². The molecule has 0 amide bonds. The van der Waals surface area contributed by atoms with Crippen LogP contribution in [-0.4, -0.2) is 42.9 Å². The Morgan fingerprint density at radius 3 is 2.64 bits per heavy atom. The highest BCUT2D eigenvalue weighted by Crippen LogP contribution is 2.47. The van der Waals surface area contributed by atoms with Crippen LogP contribution < -0.4 is 5.32 Å². The zero-order valence-electron chi connectivity index (χ0n) is 19.0. The number of allylic oxidation sites excluding steroid dienone is 3. The van der Waals surface area contributed by atoms with Gasteiger partial charge in [0.25, 0.3) is 0 Å². The molecule has 0 radical (unpaired) electrons. The van der Waals surface area contributed by atoms with Gasteiger partial charge in [-0.25, -0.2) is 4.79 Å². The number of thioether (sulfide) groups is 1. The standard InChI is InChI=1S/C24H27Cl2NO5S/c1-5-33-9-8-32-24(30)19-13(3)27-17-10-12(2)18(23(29)31-4)22(28)21(17)20(19)15-7-6-14(25)11-16(15)26/h6-7,11-12,18,20,27H,5,8-10H2,1-4H3/t12-,18+,20+/m0/s1. The molecule has 6 nitrogen and oxygen atoms in total. The highest BCUT2D eigenvalue weighted by molar-refractivity contribution is 7.99. The number of rotatable bonds is 7. The molecule has 1 aliphatic carbocycles. The van der Waals surface area contributed by atoms with Crippen LogP contribution >= 0.6 is 35.0 Å². The van der Waals surface area contributed by atoms with Crippen LogP contribution in [0.3, 0.4) is 0 Å². The minimum atomic E-state index is -0.958. The molecule has 0 saturated heterocycles. The highest BCUT2D eigenvalue weighted by atomic mass is 35.5. The number of halogens is 2. The van der Waals surface area contributed by atoms with Crippen molar-refractivity contribution in [3.05, 3.63) is 56.3 Å². The molecule has 1 heterocycles. The molecule has 1 aromatic rings. The largest absolute Gasteiger partial charge is 0.468 e. The van der Waals surface area contributed by atoms with E-state index in [2.05, 4.69) is 5.32 Å². The van der Waals surface area contributed by atoms with Gasteiger partial charge in [0.2, 0.25) is 0 Å². The second-order valence-corrected chi connectivity index (χ2v) is 10.3. The maximum absolute atomic E-state index is 13.7. The Bertz CT molecular complexity index is 1040. The molecule has 1 aliphatic heterocycles. The summed E-state index contributed by atoms with van der Waals surface area (Å²) in [6.07, 6.45) is 0.454. The molecule has 0 saturated carbocycles. The number of ketones is 1. The Kier molecular flexibility index (Phi) is 8.54. The van der Waals surface area contributed by atoms with Gasteiger partial charge in [-0.1, -0.05) is 43.1 Å². The summed E-state index contributed by atoms with van der Waals surface area (Å²) in [7, 11) is 1.26. The van der Waals surface area contributed by atoms with E-state index in [0.29, 0.717) is 50.3 Å². The van der Waals surface area contributed by atoms with Gasteiger partial charge in [-0.2, -0.15) is 11.8 Å². The first-order valence-electron chi connectivity index (χ1n) is 10.7. The average molecular weight is 512 g/mol. The summed E-state index contributed by atoms with van der Waals surface area (Å²) in [5, 5.41) is 3.99. The first-order chi connectivity index (χ1) is 15.7. The number of carbonyl (C=O) groups excluding carboxylic acids is 3. The second kappa shape index (κ2) is 11.0. The second-order valence-electron chi connectivity index (χ2n) is 8.03. The molecule has 0 bridgehead atoms. The summed E-state index contributed by atoms with van der Waals surface area (Å²) in [5.74, 6) is -1.91. The van der Waals surface area contributed by atoms with E-state index < -0.39 is 23.8 Å². The van der Waals surface area contributed by atoms with E-state index >= 15 is 0 Å². The fraction of sp³-hybridized carbons (Fsp3) is 0.458. The zero-order chi connectivity index (χ0) is 24.3. The third-order valence-corrected chi connectivity index (χ3v) is 7.33. The summed E-state index contributed by atoms with van der Waals surface area (Å²) >= 11 is 14.3. The molecule has 3 atom stereocenters. The maximum Gasteiger partial charge on any atom is 0.336 e. The normalized spacial score (nSPS) is 22.6. The molecule has 1 aromatic carbocycles. The molecule has 0 fully saturated rings. The fourth-order valence-corrected chi connectivity index (χ4v) is 5.42. The number of dihydropyridines is 1. The summed E-state index contributed by atoms with van der Waals surface area (Å²) < 4.78 is 10.5. The van der Waals surface area contributed by atoms with Gasteiger partial charge >= 0.3 is 11.9 Å². The third-order valence-electron chi connectivity index (χ3n) is 5.90. The Labute approximate surface area is 208 Å². The first-order valence-corrected chi connectivity index (χ1v) is 12.6. The van der Waals surface area contributed by atoms with Crippen molar-refractivity contribution < 1.29 is 23.9 Å². The third kappa shape index (κ3) is 5.26. The lowest BCUT2D eigenvalue weighted by molar-refractivity contribution is -0.151. The van der Waals surface area contributed by atoms with Crippen molar-refractivity contribution in [2.45, 2.75) is 33.1 Å². The van der Waals surface area contributed by atoms with Gasteiger partial charge in [0.15, 0.2) is 5.78 Å². The molecule has 178 valence electrons. The number of methoxy groups -OCH3 is 1. The van der Waals surface area contributed by atoms with Gasteiger partial charge in [0, 0.05) is 38.7 Å². The number of nitrogens with one attached hydrogen (secondary N) is 1. The fourth-order valence-electron chi connectivity index (χ4n) is 4.41. The summed E-state index contributed by atoms with van der Waals surface area (Å²) in [6.45, 7) is 5.89. The van der Waals surface area contributed by atoms with Gasteiger partial charge in [-0.05, 0) is 42.7 Å². The van der Waals surface area contributed by atoms with Crippen LogP contribution in [0.25, 0.3) is 0 Å².